The number of phenolic OH excluding ortho intramolecular Hbond substituents is 1. The molecule has 3 heteroatoms. The van der Waals surface area contributed by atoms with Gasteiger partial charge in [0.2, 0.25) is 0 Å². The highest BCUT2D eigenvalue weighted by molar-refractivity contribution is 5.84. The zero-order valence-corrected chi connectivity index (χ0v) is 16.1. The van der Waals surface area contributed by atoms with Crippen molar-refractivity contribution in [2.24, 2.45) is 11.8 Å². The van der Waals surface area contributed by atoms with Crippen molar-refractivity contribution in [3.8, 4) is 5.75 Å². The lowest BCUT2D eigenvalue weighted by Gasteiger charge is -2.55. The van der Waals surface area contributed by atoms with E-state index in [1.165, 1.54) is 56.4 Å². The number of hydrogen-bond acceptors (Lipinski definition) is 3. The lowest BCUT2D eigenvalue weighted by atomic mass is 9.65. The third kappa shape index (κ3) is 2.43. The second-order valence-corrected chi connectivity index (χ2v) is 8.95. The van der Waals surface area contributed by atoms with E-state index >= 15 is 0 Å². The summed E-state index contributed by atoms with van der Waals surface area (Å²) in [6.45, 7) is 5.94. The zero-order valence-electron chi connectivity index (χ0n) is 16.1. The molecule has 0 amide bonds. The topological polar surface area (TPSA) is 36.6 Å². The van der Waals surface area contributed by atoms with Crippen LogP contribution < -0.4 is 0 Å². The molecule has 4 aliphatic rings. The summed E-state index contributed by atoms with van der Waals surface area (Å²) in [5, 5.41) is 11.2. The molecule has 6 rings (SSSR count). The molecule has 0 radical (unpaired) electrons. The van der Waals surface area contributed by atoms with Gasteiger partial charge in [-0.05, 0) is 62.1 Å². The molecule has 4 heterocycles. The molecule has 1 aliphatic carbocycles. The van der Waals surface area contributed by atoms with Gasteiger partial charge in [0.25, 0.3) is 0 Å². The minimum atomic E-state index is 0.353. The average molecular weight is 354 g/mol. The fourth-order valence-electron chi connectivity index (χ4n) is 6.50. The molecule has 3 nitrogen and oxygen atoms in total. The zero-order chi connectivity index (χ0) is 17.8. The van der Waals surface area contributed by atoms with E-state index in [-0.39, 0.29) is 0 Å². The molecule has 6 atom stereocenters. The van der Waals surface area contributed by atoms with Gasteiger partial charge in [-0.2, -0.15) is 0 Å². The summed E-state index contributed by atoms with van der Waals surface area (Å²) in [6.07, 6.45) is 8.92. The maximum absolute atomic E-state index is 10.0. The van der Waals surface area contributed by atoms with E-state index in [0.29, 0.717) is 23.8 Å². The Morgan fingerprint density at radius 3 is 2.81 bits per heavy atom. The van der Waals surface area contributed by atoms with E-state index in [1.54, 1.807) is 6.07 Å². The fourth-order valence-corrected chi connectivity index (χ4v) is 6.50. The summed E-state index contributed by atoms with van der Waals surface area (Å²) in [5.74, 6) is 3.80. The molecule has 6 unspecified atom stereocenters. The van der Waals surface area contributed by atoms with E-state index in [0.717, 1.165) is 29.2 Å². The van der Waals surface area contributed by atoms with Gasteiger partial charge in [0.05, 0.1) is 0 Å². The summed E-state index contributed by atoms with van der Waals surface area (Å²) >= 11 is 0. The van der Waals surface area contributed by atoms with Crippen LogP contribution in [0, 0.1) is 11.8 Å². The van der Waals surface area contributed by atoms with Crippen molar-refractivity contribution in [1.29, 1.82) is 0 Å². The first-order chi connectivity index (χ1) is 12.7. The Kier molecular flexibility index (Phi) is 4.04. The monoisotopic (exact) mass is 353 g/mol. The first kappa shape index (κ1) is 16.7. The molecule has 3 aliphatic heterocycles. The summed E-state index contributed by atoms with van der Waals surface area (Å²) in [5.41, 5.74) is 2.36. The Balaban J connectivity index is 1.66. The standard InChI is InChI=1S/C23H31NO2/c1-3-5-15-9-14-10-20-22(15)24(13-14)16(6-4-2)11-19-18-12-17(25)7-8-21(18)26-23(19)20/h7-8,12,14-16,20,22,25H,3-6,9-11,13H2,1-2H3. The molecule has 2 saturated heterocycles. The Morgan fingerprint density at radius 1 is 1.15 bits per heavy atom. The van der Waals surface area contributed by atoms with E-state index in [1.807, 2.05) is 12.1 Å². The molecule has 3 fully saturated rings. The summed E-state index contributed by atoms with van der Waals surface area (Å²) in [6, 6.07) is 6.92. The van der Waals surface area contributed by atoms with Crippen molar-refractivity contribution in [2.45, 2.75) is 76.8 Å². The number of hydrogen-bond donors (Lipinski definition) is 1. The van der Waals surface area contributed by atoms with Crippen molar-refractivity contribution < 1.29 is 9.52 Å². The first-order valence-corrected chi connectivity index (χ1v) is 10.7. The SMILES string of the molecule is CCCC1CC2CC3c4oc5ccc(O)cc5c4CC(CCC)N(C2)C13. The molecule has 1 saturated carbocycles. The van der Waals surface area contributed by atoms with Gasteiger partial charge in [0, 0.05) is 35.5 Å². The van der Waals surface area contributed by atoms with Crippen LogP contribution in [0.15, 0.2) is 22.6 Å². The van der Waals surface area contributed by atoms with Gasteiger partial charge in [-0.15, -0.1) is 0 Å². The van der Waals surface area contributed by atoms with Crippen LogP contribution in [0.3, 0.4) is 0 Å². The molecular formula is C23H31NO2. The minimum Gasteiger partial charge on any atom is -0.508 e. The van der Waals surface area contributed by atoms with Gasteiger partial charge in [0.1, 0.15) is 17.1 Å². The maximum Gasteiger partial charge on any atom is 0.134 e. The lowest BCUT2D eigenvalue weighted by Crippen LogP contribution is -2.59. The van der Waals surface area contributed by atoms with Crippen LogP contribution in [-0.4, -0.2) is 28.6 Å². The predicted molar refractivity (Wildman–Crippen MR) is 105 cm³/mol. The molecule has 0 spiro atoms. The Morgan fingerprint density at radius 2 is 2.00 bits per heavy atom. The van der Waals surface area contributed by atoms with E-state index in [2.05, 4.69) is 18.7 Å². The van der Waals surface area contributed by atoms with Crippen LogP contribution >= 0.6 is 0 Å². The molecular weight excluding hydrogens is 322 g/mol. The van der Waals surface area contributed by atoms with Gasteiger partial charge in [0.15, 0.2) is 0 Å². The first-order valence-electron chi connectivity index (χ1n) is 10.7. The molecule has 1 aromatic carbocycles. The molecule has 1 N–H and O–H groups in total. The van der Waals surface area contributed by atoms with Crippen molar-refractivity contribution in [2.75, 3.05) is 6.54 Å². The third-order valence-electron chi connectivity index (χ3n) is 7.30. The highest BCUT2D eigenvalue weighted by Crippen LogP contribution is 2.53. The van der Waals surface area contributed by atoms with Gasteiger partial charge in [-0.1, -0.05) is 26.7 Å². The Bertz CT molecular complexity index is 810. The number of rotatable bonds is 4. The summed E-state index contributed by atoms with van der Waals surface area (Å²) < 4.78 is 6.48. The summed E-state index contributed by atoms with van der Waals surface area (Å²) in [7, 11) is 0. The van der Waals surface area contributed by atoms with Crippen LogP contribution in [0.4, 0.5) is 0 Å². The van der Waals surface area contributed by atoms with Crippen molar-refractivity contribution in [3.05, 3.63) is 29.5 Å². The second kappa shape index (κ2) is 6.30. The largest absolute Gasteiger partial charge is 0.508 e. The molecule has 4 bridgehead atoms. The molecule has 2 aromatic rings. The van der Waals surface area contributed by atoms with Crippen molar-refractivity contribution >= 4 is 11.0 Å². The number of phenols is 1. The van der Waals surface area contributed by atoms with Gasteiger partial charge in [-0.3, -0.25) is 4.90 Å². The van der Waals surface area contributed by atoms with Crippen molar-refractivity contribution in [3.63, 3.8) is 0 Å². The Labute approximate surface area is 156 Å². The molecule has 1 aromatic heterocycles. The number of piperidine rings is 2. The van der Waals surface area contributed by atoms with Crippen LogP contribution in [0.5, 0.6) is 5.75 Å². The van der Waals surface area contributed by atoms with E-state index in [4.69, 9.17) is 4.42 Å². The number of aromatic hydroxyl groups is 1. The average Bonchev–Trinajstić information content (AvgIpc) is 2.95. The van der Waals surface area contributed by atoms with E-state index < -0.39 is 0 Å². The van der Waals surface area contributed by atoms with Gasteiger partial charge < -0.3 is 9.52 Å². The quantitative estimate of drug-likeness (QED) is 0.793. The smallest absolute Gasteiger partial charge is 0.134 e. The van der Waals surface area contributed by atoms with Crippen LogP contribution in [0.2, 0.25) is 0 Å². The molecule has 26 heavy (non-hydrogen) atoms. The number of fused-ring (bicyclic) bond motifs is 4. The van der Waals surface area contributed by atoms with Crippen LogP contribution in [0.1, 0.15) is 69.6 Å². The number of furan rings is 1. The van der Waals surface area contributed by atoms with E-state index in [9.17, 15) is 5.11 Å². The summed E-state index contributed by atoms with van der Waals surface area (Å²) in [4.78, 5) is 2.89. The van der Waals surface area contributed by atoms with Crippen molar-refractivity contribution in [1.82, 2.24) is 4.90 Å². The van der Waals surface area contributed by atoms with Gasteiger partial charge >= 0.3 is 0 Å². The third-order valence-corrected chi connectivity index (χ3v) is 7.30. The lowest BCUT2D eigenvalue weighted by molar-refractivity contribution is -0.0458. The number of nitrogens with zero attached hydrogens (tertiary/aromatic N) is 1. The Hall–Kier alpha value is -1.48. The highest BCUT2D eigenvalue weighted by atomic mass is 16.3. The maximum atomic E-state index is 10.0. The minimum absolute atomic E-state index is 0.353. The van der Waals surface area contributed by atoms with Crippen LogP contribution in [0.25, 0.3) is 11.0 Å². The van der Waals surface area contributed by atoms with Gasteiger partial charge in [-0.25, -0.2) is 0 Å². The van der Waals surface area contributed by atoms with Crippen LogP contribution in [-0.2, 0) is 6.42 Å². The predicted octanol–water partition coefficient (Wildman–Crippen LogP) is 5.46. The number of benzene rings is 1. The second-order valence-electron chi connectivity index (χ2n) is 8.95. The molecule has 140 valence electrons. The fraction of sp³-hybridized carbons (Fsp3) is 0.652. The highest BCUT2D eigenvalue weighted by Gasteiger charge is 2.52. The normalized spacial score (nSPS) is 35.5.